The molecule has 5 heteroatoms. The summed E-state index contributed by atoms with van der Waals surface area (Å²) in [7, 11) is 0. The van der Waals surface area contributed by atoms with Gasteiger partial charge in [0.1, 0.15) is 0 Å². The molecule has 2 rings (SSSR count). The number of urea groups is 1. The first kappa shape index (κ1) is 16.0. The molecule has 0 spiro atoms. The van der Waals surface area contributed by atoms with Crippen LogP contribution in [0.15, 0.2) is 0 Å². The minimum atomic E-state index is -0.0548. The molecule has 2 saturated carbocycles. The summed E-state index contributed by atoms with van der Waals surface area (Å²) in [5, 5.41) is 15.1. The third-order valence-electron chi connectivity index (χ3n) is 4.59. The molecule has 2 fully saturated rings. The molecule has 4 nitrogen and oxygen atoms in total. The molecule has 2 amide bonds. The largest absolute Gasteiger partial charge is 0.396 e. The SMILES string of the molecule is CSCC(CCO)NC(=O)NC1CC1C1CCCCC1. The van der Waals surface area contributed by atoms with E-state index < -0.39 is 0 Å². The molecule has 0 aromatic rings. The normalized spacial score (nSPS) is 27.9. The standard InChI is InChI=1S/C15H28N2O2S/c1-20-10-12(7-8-18)16-15(19)17-14-9-13(14)11-5-3-2-4-6-11/h11-14,18H,2-10H2,1H3,(H2,16,17,19). The minimum absolute atomic E-state index is 0.0548. The summed E-state index contributed by atoms with van der Waals surface area (Å²) in [6, 6.07) is 0.407. The van der Waals surface area contributed by atoms with Crippen LogP contribution in [0, 0.1) is 11.8 Å². The van der Waals surface area contributed by atoms with E-state index in [1.54, 1.807) is 11.8 Å². The quantitative estimate of drug-likeness (QED) is 0.676. The van der Waals surface area contributed by atoms with E-state index in [9.17, 15) is 4.79 Å². The van der Waals surface area contributed by atoms with Crippen LogP contribution in [0.5, 0.6) is 0 Å². The van der Waals surface area contributed by atoms with Crippen LogP contribution in [0.25, 0.3) is 0 Å². The maximum absolute atomic E-state index is 12.0. The lowest BCUT2D eigenvalue weighted by Crippen LogP contribution is -2.45. The molecule has 0 aromatic carbocycles. The van der Waals surface area contributed by atoms with E-state index in [4.69, 9.17) is 5.11 Å². The second kappa shape index (κ2) is 8.13. The van der Waals surface area contributed by atoms with Crippen LogP contribution in [0.4, 0.5) is 4.79 Å². The van der Waals surface area contributed by atoms with Crippen molar-refractivity contribution in [2.24, 2.45) is 11.8 Å². The number of hydrogen-bond acceptors (Lipinski definition) is 3. The molecule has 20 heavy (non-hydrogen) atoms. The van der Waals surface area contributed by atoms with Crippen molar-refractivity contribution in [3.05, 3.63) is 0 Å². The van der Waals surface area contributed by atoms with Crippen LogP contribution in [0.1, 0.15) is 44.9 Å². The van der Waals surface area contributed by atoms with Crippen LogP contribution in [-0.2, 0) is 0 Å². The van der Waals surface area contributed by atoms with Crippen LogP contribution >= 0.6 is 11.8 Å². The Balaban J connectivity index is 1.67. The van der Waals surface area contributed by atoms with Gasteiger partial charge < -0.3 is 15.7 Å². The Labute approximate surface area is 126 Å². The van der Waals surface area contributed by atoms with E-state index in [0.29, 0.717) is 12.5 Å². The van der Waals surface area contributed by atoms with Crippen molar-refractivity contribution in [3.8, 4) is 0 Å². The number of carbonyl (C=O) groups is 1. The van der Waals surface area contributed by atoms with Gasteiger partial charge in [0, 0.05) is 24.4 Å². The summed E-state index contributed by atoms with van der Waals surface area (Å²) >= 11 is 1.70. The number of hydrogen-bond donors (Lipinski definition) is 3. The fourth-order valence-corrected chi connectivity index (χ4v) is 4.07. The molecule has 0 radical (unpaired) electrons. The average molecular weight is 300 g/mol. The predicted molar refractivity (Wildman–Crippen MR) is 84.0 cm³/mol. The van der Waals surface area contributed by atoms with Gasteiger partial charge in [0.25, 0.3) is 0 Å². The zero-order valence-corrected chi connectivity index (χ0v) is 13.3. The van der Waals surface area contributed by atoms with E-state index in [0.717, 1.165) is 24.0 Å². The smallest absolute Gasteiger partial charge is 0.315 e. The van der Waals surface area contributed by atoms with Gasteiger partial charge in [0.2, 0.25) is 0 Å². The van der Waals surface area contributed by atoms with Crippen LogP contribution in [0.2, 0.25) is 0 Å². The number of aliphatic hydroxyl groups is 1. The van der Waals surface area contributed by atoms with Gasteiger partial charge in [-0.1, -0.05) is 32.1 Å². The van der Waals surface area contributed by atoms with Gasteiger partial charge in [-0.3, -0.25) is 0 Å². The second-order valence-corrected chi connectivity index (χ2v) is 7.10. The highest BCUT2D eigenvalue weighted by Crippen LogP contribution is 2.44. The summed E-state index contributed by atoms with van der Waals surface area (Å²) in [6.45, 7) is 0.125. The summed E-state index contributed by atoms with van der Waals surface area (Å²) < 4.78 is 0. The molecule has 3 unspecified atom stereocenters. The number of carbonyl (C=O) groups excluding carboxylic acids is 1. The van der Waals surface area contributed by atoms with Crippen molar-refractivity contribution >= 4 is 17.8 Å². The number of rotatable bonds is 7. The molecule has 0 bridgehead atoms. The lowest BCUT2D eigenvalue weighted by atomic mass is 9.85. The molecule has 3 N–H and O–H groups in total. The molecule has 116 valence electrons. The zero-order chi connectivity index (χ0) is 14.4. The number of nitrogens with one attached hydrogen (secondary N) is 2. The maximum Gasteiger partial charge on any atom is 0.315 e. The molecular formula is C15H28N2O2S. The molecule has 2 aliphatic rings. The number of amides is 2. The molecule has 0 aromatic heterocycles. The minimum Gasteiger partial charge on any atom is -0.396 e. The van der Waals surface area contributed by atoms with Crippen molar-refractivity contribution in [2.75, 3.05) is 18.6 Å². The van der Waals surface area contributed by atoms with E-state index in [2.05, 4.69) is 10.6 Å². The molecule has 0 saturated heterocycles. The van der Waals surface area contributed by atoms with E-state index in [-0.39, 0.29) is 18.7 Å². The van der Waals surface area contributed by atoms with Crippen molar-refractivity contribution in [3.63, 3.8) is 0 Å². The summed E-state index contributed by atoms with van der Waals surface area (Å²) in [6.07, 6.45) is 10.6. The van der Waals surface area contributed by atoms with Crippen LogP contribution in [0.3, 0.4) is 0 Å². The van der Waals surface area contributed by atoms with Gasteiger partial charge >= 0.3 is 6.03 Å². The highest BCUT2D eigenvalue weighted by molar-refractivity contribution is 7.98. The fourth-order valence-electron chi connectivity index (χ4n) is 3.41. The van der Waals surface area contributed by atoms with Crippen molar-refractivity contribution in [1.82, 2.24) is 10.6 Å². The lowest BCUT2D eigenvalue weighted by Gasteiger charge is -2.22. The Morgan fingerprint density at radius 2 is 2.10 bits per heavy atom. The molecule has 3 atom stereocenters. The van der Waals surface area contributed by atoms with Crippen molar-refractivity contribution < 1.29 is 9.90 Å². The zero-order valence-electron chi connectivity index (χ0n) is 12.4. The van der Waals surface area contributed by atoms with Gasteiger partial charge in [-0.25, -0.2) is 4.79 Å². The highest BCUT2D eigenvalue weighted by atomic mass is 32.2. The molecule has 2 aliphatic carbocycles. The first-order valence-corrected chi connectivity index (χ1v) is 9.30. The molecular weight excluding hydrogens is 272 g/mol. The number of aliphatic hydroxyl groups excluding tert-OH is 1. The van der Waals surface area contributed by atoms with Crippen LogP contribution in [-0.4, -0.2) is 41.8 Å². The van der Waals surface area contributed by atoms with Gasteiger partial charge in [0.05, 0.1) is 0 Å². The summed E-state index contributed by atoms with van der Waals surface area (Å²) in [5.74, 6) is 2.41. The Hall–Kier alpha value is -0.420. The first-order chi connectivity index (χ1) is 9.74. The molecule has 0 heterocycles. The van der Waals surface area contributed by atoms with Gasteiger partial charge in [-0.2, -0.15) is 11.8 Å². The van der Waals surface area contributed by atoms with E-state index >= 15 is 0 Å². The summed E-state index contributed by atoms with van der Waals surface area (Å²) in [5.41, 5.74) is 0. The Bertz CT molecular complexity index is 302. The molecule has 0 aliphatic heterocycles. The van der Waals surface area contributed by atoms with E-state index in [1.807, 2.05) is 6.26 Å². The highest BCUT2D eigenvalue weighted by Gasteiger charge is 2.43. The van der Waals surface area contributed by atoms with Crippen molar-refractivity contribution in [1.29, 1.82) is 0 Å². The predicted octanol–water partition coefficient (Wildman–Crippen LogP) is 2.37. The summed E-state index contributed by atoms with van der Waals surface area (Å²) in [4.78, 5) is 12.0. The van der Waals surface area contributed by atoms with Gasteiger partial charge in [-0.05, 0) is 30.9 Å². The Morgan fingerprint density at radius 1 is 1.35 bits per heavy atom. The Kier molecular flexibility index (Phi) is 6.49. The lowest BCUT2D eigenvalue weighted by molar-refractivity contribution is 0.229. The average Bonchev–Trinajstić information content (AvgIpc) is 3.19. The third kappa shape index (κ3) is 4.85. The fraction of sp³-hybridized carbons (Fsp3) is 0.933. The second-order valence-electron chi connectivity index (χ2n) is 6.19. The van der Waals surface area contributed by atoms with Crippen LogP contribution < -0.4 is 10.6 Å². The van der Waals surface area contributed by atoms with E-state index in [1.165, 1.54) is 32.1 Å². The monoisotopic (exact) mass is 300 g/mol. The Morgan fingerprint density at radius 3 is 2.75 bits per heavy atom. The van der Waals surface area contributed by atoms with Crippen molar-refractivity contribution in [2.45, 2.75) is 57.0 Å². The van der Waals surface area contributed by atoms with Gasteiger partial charge in [0.15, 0.2) is 0 Å². The first-order valence-electron chi connectivity index (χ1n) is 7.91. The topological polar surface area (TPSA) is 61.4 Å². The third-order valence-corrected chi connectivity index (χ3v) is 5.33. The number of thioether (sulfide) groups is 1. The van der Waals surface area contributed by atoms with Gasteiger partial charge in [-0.15, -0.1) is 0 Å². The maximum atomic E-state index is 12.0.